The molecule has 0 fully saturated rings. The van der Waals surface area contributed by atoms with E-state index in [1.807, 2.05) is 22.6 Å². The lowest BCUT2D eigenvalue weighted by Gasteiger charge is -2.14. The monoisotopic (exact) mass is 242 g/mol. The number of hydrogen-bond donors (Lipinski definition) is 2. The Kier molecular flexibility index (Phi) is 4.43. The molecule has 0 aromatic rings. The standard InChI is InChI=1S/C6H11IO2/c1-4(3-8)6(9)5(2)7/h4,6,8-9H,2-3H2,1H3/t4-,6+/m1/s1. The van der Waals surface area contributed by atoms with E-state index < -0.39 is 6.10 Å². The molecule has 54 valence electrons. The molecule has 0 aliphatic carbocycles. The lowest BCUT2D eigenvalue weighted by atomic mass is 10.1. The maximum absolute atomic E-state index is 9.13. The zero-order valence-electron chi connectivity index (χ0n) is 5.34. The lowest BCUT2D eigenvalue weighted by Crippen LogP contribution is -2.20. The first-order valence-electron chi connectivity index (χ1n) is 2.72. The van der Waals surface area contributed by atoms with Crippen molar-refractivity contribution in [3.8, 4) is 0 Å². The van der Waals surface area contributed by atoms with E-state index in [1.165, 1.54) is 0 Å². The number of halogens is 1. The summed E-state index contributed by atoms with van der Waals surface area (Å²) in [5.74, 6) is -0.102. The fourth-order valence-corrected chi connectivity index (χ4v) is 1.02. The number of aliphatic hydroxyl groups excluding tert-OH is 2. The molecule has 9 heavy (non-hydrogen) atoms. The van der Waals surface area contributed by atoms with Crippen LogP contribution in [0.5, 0.6) is 0 Å². The van der Waals surface area contributed by atoms with Crippen LogP contribution in [0.15, 0.2) is 10.2 Å². The van der Waals surface area contributed by atoms with Crippen LogP contribution in [0.4, 0.5) is 0 Å². The highest BCUT2D eigenvalue weighted by Crippen LogP contribution is 2.15. The van der Waals surface area contributed by atoms with E-state index in [0.717, 1.165) is 0 Å². The van der Waals surface area contributed by atoms with Crippen LogP contribution in [-0.4, -0.2) is 22.9 Å². The third kappa shape index (κ3) is 3.17. The average Bonchev–Trinajstić information content (AvgIpc) is 1.84. The average molecular weight is 242 g/mol. The molecule has 0 rings (SSSR count). The van der Waals surface area contributed by atoms with Crippen molar-refractivity contribution in [1.82, 2.24) is 0 Å². The molecule has 0 unspecified atom stereocenters. The van der Waals surface area contributed by atoms with Gasteiger partial charge < -0.3 is 10.2 Å². The van der Waals surface area contributed by atoms with Crippen molar-refractivity contribution in [2.24, 2.45) is 5.92 Å². The summed E-state index contributed by atoms with van der Waals surface area (Å²) < 4.78 is 0.675. The van der Waals surface area contributed by atoms with Gasteiger partial charge in [-0.05, 0) is 22.6 Å². The Morgan fingerprint density at radius 3 is 2.33 bits per heavy atom. The summed E-state index contributed by atoms with van der Waals surface area (Å²) in [6, 6.07) is 0. The summed E-state index contributed by atoms with van der Waals surface area (Å²) in [4.78, 5) is 0. The highest BCUT2D eigenvalue weighted by atomic mass is 127. The van der Waals surface area contributed by atoms with Crippen LogP contribution in [0.25, 0.3) is 0 Å². The Balaban J connectivity index is 3.72. The van der Waals surface area contributed by atoms with Gasteiger partial charge in [-0.25, -0.2) is 0 Å². The molecule has 2 atom stereocenters. The highest BCUT2D eigenvalue weighted by molar-refractivity contribution is 14.1. The largest absolute Gasteiger partial charge is 0.396 e. The second-order valence-electron chi connectivity index (χ2n) is 2.05. The van der Waals surface area contributed by atoms with E-state index in [0.29, 0.717) is 3.58 Å². The minimum Gasteiger partial charge on any atom is -0.396 e. The molecule has 2 nitrogen and oxygen atoms in total. The second kappa shape index (κ2) is 4.24. The summed E-state index contributed by atoms with van der Waals surface area (Å²) >= 11 is 1.95. The Bertz CT molecular complexity index is 103. The third-order valence-corrected chi connectivity index (χ3v) is 1.79. The van der Waals surface area contributed by atoms with E-state index in [2.05, 4.69) is 6.58 Å². The van der Waals surface area contributed by atoms with Crippen molar-refractivity contribution in [1.29, 1.82) is 0 Å². The maximum atomic E-state index is 9.13. The van der Waals surface area contributed by atoms with Crippen molar-refractivity contribution in [2.45, 2.75) is 13.0 Å². The minimum absolute atomic E-state index is 0.00316. The molecular weight excluding hydrogens is 231 g/mol. The Morgan fingerprint density at radius 1 is 1.78 bits per heavy atom. The van der Waals surface area contributed by atoms with Gasteiger partial charge in [0.05, 0.1) is 6.10 Å². The van der Waals surface area contributed by atoms with Crippen molar-refractivity contribution in [2.75, 3.05) is 6.61 Å². The molecule has 0 heterocycles. The smallest absolute Gasteiger partial charge is 0.0888 e. The first-order valence-corrected chi connectivity index (χ1v) is 3.80. The van der Waals surface area contributed by atoms with Crippen LogP contribution in [0.3, 0.4) is 0 Å². The molecule has 0 saturated carbocycles. The molecule has 0 bridgehead atoms. The maximum Gasteiger partial charge on any atom is 0.0888 e. The van der Waals surface area contributed by atoms with Gasteiger partial charge in [0.25, 0.3) is 0 Å². The molecule has 0 aromatic heterocycles. The van der Waals surface area contributed by atoms with Crippen molar-refractivity contribution >= 4 is 22.6 Å². The Hall–Kier alpha value is 0.390. The van der Waals surface area contributed by atoms with Gasteiger partial charge in [-0.3, -0.25) is 0 Å². The number of aliphatic hydroxyl groups is 2. The van der Waals surface area contributed by atoms with Crippen molar-refractivity contribution in [3.63, 3.8) is 0 Å². The first kappa shape index (κ1) is 9.39. The lowest BCUT2D eigenvalue weighted by molar-refractivity contribution is 0.110. The first-order chi connectivity index (χ1) is 4.09. The van der Waals surface area contributed by atoms with Gasteiger partial charge in [0.2, 0.25) is 0 Å². The number of rotatable bonds is 3. The van der Waals surface area contributed by atoms with Crippen LogP contribution >= 0.6 is 22.6 Å². The van der Waals surface area contributed by atoms with Gasteiger partial charge in [0, 0.05) is 16.1 Å². The van der Waals surface area contributed by atoms with Crippen molar-refractivity contribution in [3.05, 3.63) is 10.2 Å². The molecule has 0 aliphatic heterocycles. The summed E-state index contributed by atoms with van der Waals surface area (Å²) in [6.07, 6.45) is -0.574. The SMILES string of the molecule is C=C(I)[C@@H](O)[C@H](C)CO. The van der Waals surface area contributed by atoms with Crippen LogP contribution in [-0.2, 0) is 0 Å². The fourth-order valence-electron chi connectivity index (χ4n) is 0.409. The Morgan fingerprint density at radius 2 is 2.22 bits per heavy atom. The van der Waals surface area contributed by atoms with Gasteiger partial charge >= 0.3 is 0 Å². The molecule has 0 saturated heterocycles. The molecule has 2 N–H and O–H groups in total. The highest BCUT2D eigenvalue weighted by Gasteiger charge is 2.13. The van der Waals surface area contributed by atoms with E-state index in [4.69, 9.17) is 10.2 Å². The third-order valence-electron chi connectivity index (χ3n) is 1.15. The molecule has 3 heteroatoms. The van der Waals surface area contributed by atoms with Crippen molar-refractivity contribution < 1.29 is 10.2 Å². The van der Waals surface area contributed by atoms with E-state index in [9.17, 15) is 0 Å². The van der Waals surface area contributed by atoms with E-state index in [1.54, 1.807) is 6.92 Å². The van der Waals surface area contributed by atoms with Crippen LogP contribution in [0.2, 0.25) is 0 Å². The molecule has 0 aliphatic rings. The Labute approximate surface area is 68.7 Å². The molecule has 0 spiro atoms. The van der Waals surface area contributed by atoms with Gasteiger partial charge in [0.15, 0.2) is 0 Å². The van der Waals surface area contributed by atoms with Crippen LogP contribution < -0.4 is 0 Å². The van der Waals surface area contributed by atoms with Crippen LogP contribution in [0, 0.1) is 5.92 Å². The summed E-state index contributed by atoms with van der Waals surface area (Å²) in [6.45, 7) is 5.33. The van der Waals surface area contributed by atoms with E-state index in [-0.39, 0.29) is 12.5 Å². The summed E-state index contributed by atoms with van der Waals surface area (Å²) in [7, 11) is 0. The molecule has 0 aromatic carbocycles. The molecule has 0 radical (unpaired) electrons. The fraction of sp³-hybridized carbons (Fsp3) is 0.667. The summed E-state index contributed by atoms with van der Waals surface area (Å²) in [5.41, 5.74) is 0. The molecular formula is C6H11IO2. The van der Waals surface area contributed by atoms with Gasteiger partial charge in [0.1, 0.15) is 0 Å². The minimum atomic E-state index is -0.574. The normalized spacial score (nSPS) is 16.9. The topological polar surface area (TPSA) is 40.5 Å². The van der Waals surface area contributed by atoms with Gasteiger partial charge in [-0.2, -0.15) is 0 Å². The number of hydrogen-bond acceptors (Lipinski definition) is 2. The zero-order valence-corrected chi connectivity index (χ0v) is 7.50. The van der Waals surface area contributed by atoms with Crippen LogP contribution in [0.1, 0.15) is 6.92 Å². The molecule has 0 amide bonds. The summed E-state index contributed by atoms with van der Waals surface area (Å²) in [5, 5.41) is 17.7. The predicted molar refractivity (Wildman–Crippen MR) is 45.4 cm³/mol. The zero-order chi connectivity index (χ0) is 7.44. The van der Waals surface area contributed by atoms with Gasteiger partial charge in [-0.15, -0.1) is 0 Å². The van der Waals surface area contributed by atoms with E-state index >= 15 is 0 Å². The second-order valence-corrected chi connectivity index (χ2v) is 3.44. The van der Waals surface area contributed by atoms with Gasteiger partial charge in [-0.1, -0.05) is 13.5 Å². The predicted octanol–water partition coefficient (Wildman–Crippen LogP) is 0.924. The quantitative estimate of drug-likeness (QED) is 0.722.